The van der Waals surface area contributed by atoms with Gasteiger partial charge in [-0.2, -0.15) is 0 Å². The largest absolute Gasteiger partial charge is 0.497 e. The predicted molar refractivity (Wildman–Crippen MR) is 96.4 cm³/mol. The highest BCUT2D eigenvalue weighted by Gasteiger charge is 2.56. The fraction of sp³-hybridized carbons (Fsp3) is 0.600. The highest BCUT2D eigenvalue weighted by molar-refractivity contribution is 5.26. The Balaban J connectivity index is 2.20. The van der Waals surface area contributed by atoms with Crippen LogP contribution < -0.4 is 4.74 Å². The normalized spacial score (nSPS) is 30.7. The van der Waals surface area contributed by atoms with Crippen molar-refractivity contribution < 1.29 is 24.1 Å². The van der Waals surface area contributed by atoms with Crippen LogP contribution in [0.25, 0.3) is 0 Å². The van der Waals surface area contributed by atoms with Gasteiger partial charge in [0.25, 0.3) is 0 Å². The van der Waals surface area contributed by atoms with Gasteiger partial charge in [-0.1, -0.05) is 38.1 Å². The molecule has 1 unspecified atom stereocenters. The van der Waals surface area contributed by atoms with Gasteiger partial charge in [-0.3, -0.25) is 0 Å². The van der Waals surface area contributed by atoms with Gasteiger partial charge in [-0.25, -0.2) is 0 Å². The summed E-state index contributed by atoms with van der Waals surface area (Å²) in [5.74, 6) is 0.979. The van der Waals surface area contributed by atoms with E-state index in [0.717, 1.165) is 11.3 Å². The van der Waals surface area contributed by atoms with E-state index in [4.69, 9.17) is 18.9 Å². The predicted octanol–water partition coefficient (Wildman–Crippen LogP) is 3.16. The molecule has 1 saturated heterocycles. The molecular weight excluding hydrogens is 320 g/mol. The monoisotopic (exact) mass is 350 g/mol. The number of benzene rings is 1. The summed E-state index contributed by atoms with van der Waals surface area (Å²) in [5.41, 5.74) is 0.639. The maximum Gasteiger partial charge on any atom is 0.166 e. The van der Waals surface area contributed by atoms with Crippen molar-refractivity contribution in [2.24, 2.45) is 11.3 Å². The third-order valence-corrected chi connectivity index (χ3v) is 5.20. The maximum atomic E-state index is 9.76. The Morgan fingerprint density at radius 2 is 1.96 bits per heavy atom. The summed E-state index contributed by atoms with van der Waals surface area (Å²) in [4.78, 5) is 0. The minimum Gasteiger partial charge on any atom is -0.497 e. The molecule has 0 amide bonds. The summed E-state index contributed by atoms with van der Waals surface area (Å²) in [6.07, 6.45) is 3.02. The molecule has 1 N–H and O–H groups in total. The van der Waals surface area contributed by atoms with Crippen molar-refractivity contribution in [1.29, 1.82) is 0 Å². The molecule has 0 aliphatic carbocycles. The van der Waals surface area contributed by atoms with Crippen LogP contribution >= 0.6 is 0 Å². The standard InChI is InChI=1S/C20H30O5/c1-6-7-14(2)20(3)18(17(12-21)25-19(20)23-5)24-13-15-8-10-16(22-4)11-9-15/h6-11,14,17-19,21H,12-13H2,1-5H3/b7-6-/t14?,17-,18+,19+,20+/m1/s1. The molecule has 5 atom stereocenters. The molecule has 0 aromatic heterocycles. The fourth-order valence-corrected chi connectivity index (χ4v) is 3.52. The summed E-state index contributed by atoms with van der Waals surface area (Å²) in [7, 11) is 3.28. The van der Waals surface area contributed by atoms with Crippen molar-refractivity contribution in [2.75, 3.05) is 20.8 Å². The first-order chi connectivity index (χ1) is 12.0. The van der Waals surface area contributed by atoms with Crippen LogP contribution in [0, 0.1) is 11.3 Å². The molecule has 140 valence electrons. The zero-order valence-electron chi connectivity index (χ0n) is 15.8. The molecule has 1 heterocycles. The average molecular weight is 350 g/mol. The number of hydrogen-bond donors (Lipinski definition) is 1. The number of methoxy groups -OCH3 is 2. The first kappa shape index (κ1) is 19.9. The Morgan fingerprint density at radius 1 is 1.28 bits per heavy atom. The van der Waals surface area contributed by atoms with Crippen LogP contribution in [0.2, 0.25) is 0 Å². The van der Waals surface area contributed by atoms with E-state index in [1.807, 2.05) is 37.3 Å². The van der Waals surface area contributed by atoms with Crippen molar-refractivity contribution in [3.8, 4) is 5.75 Å². The Bertz CT molecular complexity index is 556. The van der Waals surface area contributed by atoms with Crippen LogP contribution in [0.1, 0.15) is 26.3 Å². The van der Waals surface area contributed by atoms with Crippen LogP contribution in [0.4, 0.5) is 0 Å². The quantitative estimate of drug-likeness (QED) is 0.730. The van der Waals surface area contributed by atoms with Gasteiger partial charge in [0.2, 0.25) is 0 Å². The molecule has 25 heavy (non-hydrogen) atoms. The lowest BCUT2D eigenvalue weighted by atomic mass is 9.72. The summed E-state index contributed by atoms with van der Waals surface area (Å²) >= 11 is 0. The van der Waals surface area contributed by atoms with E-state index in [0.29, 0.717) is 6.61 Å². The molecule has 0 bridgehead atoms. The topological polar surface area (TPSA) is 57.2 Å². The second kappa shape index (κ2) is 8.81. The number of allylic oxidation sites excluding steroid dienone is 2. The van der Waals surface area contributed by atoms with Crippen LogP contribution in [-0.2, 0) is 20.8 Å². The number of hydrogen-bond acceptors (Lipinski definition) is 5. The summed E-state index contributed by atoms with van der Waals surface area (Å²) in [6, 6.07) is 7.77. The Hall–Kier alpha value is -1.40. The van der Waals surface area contributed by atoms with Crippen molar-refractivity contribution in [2.45, 2.75) is 45.9 Å². The van der Waals surface area contributed by atoms with Gasteiger partial charge in [0.05, 0.1) is 31.8 Å². The van der Waals surface area contributed by atoms with Crippen LogP contribution in [0.3, 0.4) is 0 Å². The van der Waals surface area contributed by atoms with Crippen LogP contribution in [-0.4, -0.2) is 44.4 Å². The van der Waals surface area contributed by atoms with E-state index in [1.165, 1.54) is 0 Å². The SMILES string of the molecule is C/C=C\C(C)[C@]1(C)[C@@H](OC)O[C@H](CO)[C@@H]1OCc1ccc(OC)cc1. The lowest BCUT2D eigenvalue weighted by Gasteiger charge is -2.38. The van der Waals surface area contributed by atoms with Crippen LogP contribution in [0.5, 0.6) is 5.75 Å². The number of aliphatic hydroxyl groups excluding tert-OH is 1. The highest BCUT2D eigenvalue weighted by atomic mass is 16.7. The second-order valence-electron chi connectivity index (χ2n) is 6.68. The van der Waals surface area contributed by atoms with Gasteiger partial charge in [0, 0.05) is 7.11 Å². The molecule has 5 heteroatoms. The van der Waals surface area contributed by atoms with Gasteiger partial charge in [0.1, 0.15) is 11.9 Å². The molecule has 2 rings (SSSR count). The van der Waals surface area contributed by atoms with E-state index in [-0.39, 0.29) is 18.6 Å². The van der Waals surface area contributed by atoms with Crippen molar-refractivity contribution in [1.82, 2.24) is 0 Å². The molecule has 1 fully saturated rings. The molecule has 0 spiro atoms. The van der Waals surface area contributed by atoms with Crippen molar-refractivity contribution >= 4 is 0 Å². The molecule has 0 radical (unpaired) electrons. The van der Waals surface area contributed by atoms with Gasteiger partial charge in [-0.15, -0.1) is 0 Å². The number of ether oxygens (including phenoxy) is 4. The molecule has 1 aromatic carbocycles. The average Bonchev–Trinajstić information content (AvgIpc) is 2.93. The summed E-state index contributed by atoms with van der Waals surface area (Å²) in [5, 5.41) is 9.76. The lowest BCUT2D eigenvalue weighted by molar-refractivity contribution is -0.166. The smallest absolute Gasteiger partial charge is 0.166 e. The molecule has 1 aliphatic heterocycles. The van der Waals surface area contributed by atoms with Crippen molar-refractivity contribution in [3.05, 3.63) is 42.0 Å². The minimum absolute atomic E-state index is 0.106. The van der Waals surface area contributed by atoms with Gasteiger partial charge in [-0.05, 0) is 30.5 Å². The third-order valence-electron chi connectivity index (χ3n) is 5.20. The van der Waals surface area contributed by atoms with Gasteiger partial charge < -0.3 is 24.1 Å². The molecule has 1 aliphatic rings. The molecule has 0 saturated carbocycles. The number of rotatable bonds is 8. The van der Waals surface area contributed by atoms with E-state index < -0.39 is 17.8 Å². The van der Waals surface area contributed by atoms with Crippen molar-refractivity contribution in [3.63, 3.8) is 0 Å². The van der Waals surface area contributed by atoms with Gasteiger partial charge >= 0.3 is 0 Å². The second-order valence-corrected chi connectivity index (χ2v) is 6.68. The lowest BCUT2D eigenvalue weighted by Crippen LogP contribution is -2.46. The Kier molecular flexibility index (Phi) is 7.02. The fourth-order valence-electron chi connectivity index (χ4n) is 3.52. The van der Waals surface area contributed by atoms with E-state index in [1.54, 1.807) is 14.2 Å². The van der Waals surface area contributed by atoms with Gasteiger partial charge in [0.15, 0.2) is 6.29 Å². The van der Waals surface area contributed by atoms with E-state index in [2.05, 4.69) is 19.9 Å². The summed E-state index contributed by atoms with van der Waals surface area (Å²) < 4.78 is 22.9. The summed E-state index contributed by atoms with van der Waals surface area (Å²) in [6.45, 7) is 6.54. The van der Waals surface area contributed by atoms with E-state index >= 15 is 0 Å². The van der Waals surface area contributed by atoms with E-state index in [9.17, 15) is 5.11 Å². The Labute approximate surface area is 150 Å². The molecule has 1 aromatic rings. The maximum absolute atomic E-state index is 9.76. The Morgan fingerprint density at radius 3 is 2.48 bits per heavy atom. The third kappa shape index (κ3) is 4.06. The first-order valence-corrected chi connectivity index (χ1v) is 8.67. The molecular formula is C20H30O5. The molecule has 5 nitrogen and oxygen atoms in total. The highest BCUT2D eigenvalue weighted by Crippen LogP contribution is 2.47. The first-order valence-electron chi connectivity index (χ1n) is 8.67. The number of aliphatic hydroxyl groups is 1. The zero-order chi connectivity index (χ0) is 18.4. The van der Waals surface area contributed by atoms with Crippen LogP contribution in [0.15, 0.2) is 36.4 Å². The zero-order valence-corrected chi connectivity index (χ0v) is 15.8. The minimum atomic E-state index is -0.434.